The molecule has 4 N–H and O–H groups in total. The van der Waals surface area contributed by atoms with Gasteiger partial charge in [0.25, 0.3) is 0 Å². The van der Waals surface area contributed by atoms with Gasteiger partial charge in [-0.1, -0.05) is 12.1 Å². The number of rotatable bonds is 5. The molecule has 110 valence electrons. The second-order valence-electron chi connectivity index (χ2n) is 4.44. The monoisotopic (exact) mass is 294 g/mol. The molecule has 1 heterocycles. The van der Waals surface area contributed by atoms with E-state index >= 15 is 0 Å². The van der Waals surface area contributed by atoms with E-state index in [-0.39, 0.29) is 17.3 Å². The third-order valence-corrected chi connectivity index (χ3v) is 2.88. The Morgan fingerprint density at radius 1 is 1.18 bits per heavy atom. The van der Waals surface area contributed by atoms with Crippen LogP contribution < -0.4 is 16.2 Å². The molecule has 0 fully saturated rings. The van der Waals surface area contributed by atoms with Crippen LogP contribution in [0.1, 0.15) is 18.4 Å². The number of anilines is 2. The second-order valence-corrected chi connectivity index (χ2v) is 4.44. The van der Waals surface area contributed by atoms with Crippen LogP contribution in [-0.4, -0.2) is 16.6 Å². The third-order valence-electron chi connectivity index (χ3n) is 2.88. The van der Waals surface area contributed by atoms with Gasteiger partial charge in [0, 0.05) is 12.0 Å². The van der Waals surface area contributed by atoms with Crippen molar-refractivity contribution in [3.8, 4) is 29.1 Å². The minimum atomic E-state index is 0.00633. The Morgan fingerprint density at radius 3 is 2.73 bits per heavy atom. The van der Waals surface area contributed by atoms with Crippen LogP contribution in [0.5, 0.6) is 5.75 Å². The molecule has 0 radical (unpaired) electrons. The molecule has 1 aromatic carbocycles. The minimum Gasteiger partial charge on any atom is -0.494 e. The van der Waals surface area contributed by atoms with Crippen molar-refractivity contribution in [1.82, 2.24) is 9.97 Å². The van der Waals surface area contributed by atoms with Crippen LogP contribution in [-0.2, 0) is 0 Å². The molecule has 2 rings (SSSR count). The van der Waals surface area contributed by atoms with E-state index in [4.69, 9.17) is 21.5 Å². The highest BCUT2D eigenvalue weighted by molar-refractivity contribution is 5.73. The first kappa shape index (κ1) is 15.1. The molecule has 0 atom stereocenters. The number of nitrogens with zero attached hydrogens (tertiary/aromatic N) is 4. The average Bonchev–Trinajstić information content (AvgIpc) is 2.51. The Bertz CT molecular complexity index is 760. The Kier molecular flexibility index (Phi) is 4.74. The Morgan fingerprint density at radius 2 is 2.00 bits per heavy atom. The molecule has 7 nitrogen and oxygen atoms in total. The molecule has 0 saturated heterocycles. The summed E-state index contributed by atoms with van der Waals surface area (Å²) in [4.78, 5) is 7.87. The van der Waals surface area contributed by atoms with Gasteiger partial charge in [-0.05, 0) is 18.6 Å². The Labute approximate surface area is 127 Å². The Balaban J connectivity index is 2.31. The van der Waals surface area contributed by atoms with E-state index < -0.39 is 0 Å². The van der Waals surface area contributed by atoms with Gasteiger partial charge < -0.3 is 16.2 Å². The van der Waals surface area contributed by atoms with Crippen LogP contribution in [0.25, 0.3) is 11.3 Å². The van der Waals surface area contributed by atoms with E-state index in [0.29, 0.717) is 36.5 Å². The summed E-state index contributed by atoms with van der Waals surface area (Å²) in [5.41, 5.74) is 12.5. The standard InChI is InChI=1S/C15H14N6O/c16-6-1-2-7-22-11-5-3-4-10(8-11)13-12(9-17)14(18)21-15(19)20-13/h3-5,8H,1-2,7H2,(H4,18,19,20,21). The van der Waals surface area contributed by atoms with Crippen LogP contribution in [0.15, 0.2) is 24.3 Å². The number of unbranched alkanes of at least 4 members (excludes halogenated alkanes) is 1. The van der Waals surface area contributed by atoms with Crippen LogP contribution in [0.3, 0.4) is 0 Å². The van der Waals surface area contributed by atoms with E-state index in [2.05, 4.69) is 16.0 Å². The molecule has 2 aromatic rings. The van der Waals surface area contributed by atoms with Gasteiger partial charge >= 0.3 is 0 Å². The summed E-state index contributed by atoms with van der Waals surface area (Å²) < 4.78 is 5.56. The summed E-state index contributed by atoms with van der Waals surface area (Å²) in [5.74, 6) is 0.673. The summed E-state index contributed by atoms with van der Waals surface area (Å²) in [6.07, 6.45) is 1.09. The van der Waals surface area contributed by atoms with Crippen molar-refractivity contribution in [2.75, 3.05) is 18.1 Å². The van der Waals surface area contributed by atoms with Gasteiger partial charge in [0.2, 0.25) is 5.95 Å². The second kappa shape index (κ2) is 6.91. The average molecular weight is 294 g/mol. The van der Waals surface area contributed by atoms with Crippen molar-refractivity contribution in [1.29, 1.82) is 10.5 Å². The number of nitriles is 2. The van der Waals surface area contributed by atoms with Crippen molar-refractivity contribution >= 4 is 11.8 Å². The predicted molar refractivity (Wildman–Crippen MR) is 81.3 cm³/mol. The van der Waals surface area contributed by atoms with Gasteiger partial charge in [0.05, 0.1) is 18.4 Å². The first-order chi connectivity index (χ1) is 10.7. The fourth-order valence-corrected chi connectivity index (χ4v) is 1.89. The van der Waals surface area contributed by atoms with E-state index in [1.165, 1.54) is 0 Å². The van der Waals surface area contributed by atoms with Crippen molar-refractivity contribution in [2.45, 2.75) is 12.8 Å². The van der Waals surface area contributed by atoms with Crippen LogP contribution in [0.2, 0.25) is 0 Å². The lowest BCUT2D eigenvalue weighted by Crippen LogP contribution is -2.05. The number of ether oxygens (including phenoxy) is 1. The molecule has 0 aliphatic rings. The van der Waals surface area contributed by atoms with Gasteiger partial charge in [-0.25, -0.2) is 4.98 Å². The molecule has 0 bridgehead atoms. The van der Waals surface area contributed by atoms with Gasteiger partial charge in [-0.15, -0.1) is 0 Å². The maximum absolute atomic E-state index is 9.21. The van der Waals surface area contributed by atoms with Crippen molar-refractivity contribution in [2.24, 2.45) is 0 Å². The van der Waals surface area contributed by atoms with Gasteiger partial charge in [0.1, 0.15) is 23.2 Å². The van der Waals surface area contributed by atoms with Gasteiger partial charge in [-0.2, -0.15) is 15.5 Å². The fraction of sp³-hybridized carbons (Fsp3) is 0.200. The zero-order valence-electron chi connectivity index (χ0n) is 11.8. The summed E-state index contributed by atoms with van der Waals surface area (Å²) in [6.45, 7) is 0.441. The van der Waals surface area contributed by atoms with Gasteiger partial charge in [0.15, 0.2) is 0 Å². The van der Waals surface area contributed by atoms with Gasteiger partial charge in [-0.3, -0.25) is 0 Å². The molecule has 1 aromatic heterocycles. The molecular formula is C15H14N6O. The van der Waals surface area contributed by atoms with Crippen molar-refractivity contribution < 1.29 is 4.74 Å². The maximum Gasteiger partial charge on any atom is 0.222 e. The number of aromatic nitrogens is 2. The van der Waals surface area contributed by atoms with E-state index in [1.807, 2.05) is 6.07 Å². The number of benzene rings is 1. The quantitative estimate of drug-likeness (QED) is 0.803. The molecule has 0 aliphatic carbocycles. The molecule has 0 amide bonds. The highest BCUT2D eigenvalue weighted by Crippen LogP contribution is 2.28. The normalized spacial score (nSPS) is 9.73. The first-order valence-corrected chi connectivity index (χ1v) is 6.59. The zero-order valence-corrected chi connectivity index (χ0v) is 11.8. The van der Waals surface area contributed by atoms with Crippen molar-refractivity contribution in [3.63, 3.8) is 0 Å². The van der Waals surface area contributed by atoms with E-state index in [0.717, 1.165) is 0 Å². The molecule has 0 aliphatic heterocycles. The Hall–Kier alpha value is -3.32. The van der Waals surface area contributed by atoms with E-state index in [9.17, 15) is 5.26 Å². The van der Waals surface area contributed by atoms with Crippen LogP contribution in [0, 0.1) is 22.7 Å². The molecule has 0 spiro atoms. The van der Waals surface area contributed by atoms with Crippen LogP contribution in [0.4, 0.5) is 11.8 Å². The number of nitrogens with two attached hydrogens (primary N) is 2. The number of hydrogen-bond acceptors (Lipinski definition) is 7. The minimum absolute atomic E-state index is 0.00633. The maximum atomic E-state index is 9.21. The predicted octanol–water partition coefficient (Wildman–Crippen LogP) is 1.86. The SMILES string of the molecule is N#CCCCOc1cccc(-c2nc(N)nc(N)c2C#N)c1. The number of hydrogen-bond donors (Lipinski definition) is 2. The topological polar surface area (TPSA) is 135 Å². The number of nitrogen functional groups attached to an aromatic ring is 2. The van der Waals surface area contributed by atoms with Crippen molar-refractivity contribution in [3.05, 3.63) is 29.8 Å². The molecule has 7 heteroatoms. The lowest BCUT2D eigenvalue weighted by molar-refractivity contribution is 0.313. The molecule has 0 saturated carbocycles. The van der Waals surface area contributed by atoms with Crippen LogP contribution >= 0.6 is 0 Å². The van der Waals surface area contributed by atoms with E-state index in [1.54, 1.807) is 24.3 Å². The lowest BCUT2D eigenvalue weighted by Gasteiger charge is -2.09. The molecule has 0 unspecified atom stereocenters. The molecular weight excluding hydrogens is 280 g/mol. The fourth-order valence-electron chi connectivity index (χ4n) is 1.89. The highest BCUT2D eigenvalue weighted by atomic mass is 16.5. The molecule has 22 heavy (non-hydrogen) atoms. The smallest absolute Gasteiger partial charge is 0.222 e. The highest BCUT2D eigenvalue weighted by Gasteiger charge is 2.13. The first-order valence-electron chi connectivity index (χ1n) is 6.59. The summed E-state index contributed by atoms with van der Waals surface area (Å²) in [5, 5.41) is 17.7. The summed E-state index contributed by atoms with van der Waals surface area (Å²) in [7, 11) is 0. The summed E-state index contributed by atoms with van der Waals surface area (Å²) >= 11 is 0. The third kappa shape index (κ3) is 3.41. The largest absolute Gasteiger partial charge is 0.494 e. The lowest BCUT2D eigenvalue weighted by atomic mass is 10.1. The summed E-state index contributed by atoms with van der Waals surface area (Å²) in [6, 6.07) is 11.1. The zero-order chi connectivity index (χ0) is 15.9.